The summed E-state index contributed by atoms with van der Waals surface area (Å²) in [4.78, 5) is 8.25. The molecule has 0 bridgehead atoms. The van der Waals surface area contributed by atoms with Crippen LogP contribution in [0.25, 0.3) is 0 Å². The van der Waals surface area contributed by atoms with Crippen LogP contribution < -0.4 is 5.32 Å². The first-order valence-corrected chi connectivity index (χ1v) is 8.15. The molecule has 0 saturated heterocycles. The third-order valence-corrected chi connectivity index (χ3v) is 3.77. The number of amidine groups is 2. The highest BCUT2D eigenvalue weighted by molar-refractivity contribution is 6.79. The second kappa shape index (κ2) is 6.80. The van der Waals surface area contributed by atoms with Gasteiger partial charge in [0.25, 0.3) is 0 Å². The van der Waals surface area contributed by atoms with Gasteiger partial charge in [0.05, 0.1) is 12.5 Å². The van der Waals surface area contributed by atoms with E-state index in [0.29, 0.717) is 6.42 Å². The van der Waals surface area contributed by atoms with Crippen molar-refractivity contribution in [2.24, 2.45) is 9.98 Å². The van der Waals surface area contributed by atoms with E-state index in [0.717, 1.165) is 11.1 Å². The van der Waals surface area contributed by atoms with Crippen molar-refractivity contribution >= 4 is 81.3 Å². The molecule has 0 spiro atoms. The third kappa shape index (κ3) is 4.70. The molecule has 2 rings (SSSR count). The monoisotopic (exact) mass is 421 g/mol. The minimum absolute atomic E-state index is 0.00369. The van der Waals surface area contributed by atoms with Crippen molar-refractivity contribution in [1.82, 2.24) is 5.32 Å². The van der Waals surface area contributed by atoms with Gasteiger partial charge in [0.2, 0.25) is 7.59 Å². The van der Waals surface area contributed by atoms with E-state index >= 15 is 0 Å². The molecule has 4 nitrogen and oxygen atoms in total. The highest BCUT2D eigenvalue weighted by Crippen LogP contribution is 2.33. The van der Waals surface area contributed by atoms with Gasteiger partial charge in [-0.15, -0.1) is 0 Å². The number of nitrogens with zero attached hydrogens (tertiary/aromatic N) is 2. The SMILES string of the molecule is Cc1cocc1CC=C1N=C(C(Cl)(Cl)Cl)NC(C(Cl)(Cl)Cl)=N1. The van der Waals surface area contributed by atoms with Gasteiger partial charge in [0.15, 0.2) is 17.5 Å². The summed E-state index contributed by atoms with van der Waals surface area (Å²) in [6.45, 7) is 1.92. The molecule has 1 N–H and O–H groups in total. The number of hydrogen-bond acceptors (Lipinski definition) is 4. The predicted octanol–water partition coefficient (Wildman–Crippen LogP) is 5.11. The van der Waals surface area contributed by atoms with E-state index in [1.165, 1.54) is 0 Å². The molecule has 0 amide bonds. The van der Waals surface area contributed by atoms with Crippen molar-refractivity contribution in [2.45, 2.75) is 20.9 Å². The summed E-state index contributed by atoms with van der Waals surface area (Å²) < 4.78 is 1.49. The van der Waals surface area contributed by atoms with E-state index in [-0.39, 0.29) is 17.5 Å². The van der Waals surface area contributed by atoms with Crippen LogP contribution in [0.5, 0.6) is 0 Å². The fraction of sp³-hybridized carbons (Fsp3) is 0.333. The maximum atomic E-state index is 5.83. The molecule has 10 heteroatoms. The van der Waals surface area contributed by atoms with E-state index in [2.05, 4.69) is 15.3 Å². The molecular formula is C12H9Cl6N3O. The number of allylic oxidation sites excluding steroid dienone is 1. The normalized spacial score (nSPS) is 16.0. The number of furan rings is 1. The molecule has 0 aliphatic carbocycles. The number of aliphatic imine (C=N–C) groups is 2. The quantitative estimate of drug-likeness (QED) is 0.672. The van der Waals surface area contributed by atoms with Crippen LogP contribution in [0.2, 0.25) is 0 Å². The van der Waals surface area contributed by atoms with Crippen LogP contribution in [0.15, 0.2) is 38.8 Å². The lowest BCUT2D eigenvalue weighted by Gasteiger charge is -2.24. The summed E-state index contributed by atoms with van der Waals surface area (Å²) in [5, 5.41) is 2.62. The first-order valence-electron chi connectivity index (χ1n) is 5.88. The number of hydrogen-bond donors (Lipinski definition) is 1. The van der Waals surface area contributed by atoms with Gasteiger partial charge in [-0.2, -0.15) is 0 Å². The lowest BCUT2D eigenvalue weighted by atomic mass is 10.1. The summed E-state index contributed by atoms with van der Waals surface area (Å²) in [7, 11) is 0. The van der Waals surface area contributed by atoms with Crippen molar-refractivity contribution in [3.05, 3.63) is 35.6 Å². The summed E-state index contributed by atoms with van der Waals surface area (Å²) >= 11 is 35.0. The average molecular weight is 424 g/mol. The Bertz CT molecular complexity index is 619. The van der Waals surface area contributed by atoms with E-state index < -0.39 is 7.59 Å². The number of nitrogens with one attached hydrogen (secondary N) is 1. The highest BCUT2D eigenvalue weighted by atomic mass is 35.6. The average Bonchev–Trinajstić information content (AvgIpc) is 2.79. The smallest absolute Gasteiger partial charge is 0.248 e. The molecule has 2 heterocycles. The fourth-order valence-corrected chi connectivity index (χ4v) is 2.12. The second-order valence-corrected chi connectivity index (χ2v) is 8.95. The largest absolute Gasteiger partial charge is 0.472 e. The van der Waals surface area contributed by atoms with Crippen molar-refractivity contribution in [3.63, 3.8) is 0 Å². The number of rotatable bonds is 2. The zero-order valence-electron chi connectivity index (χ0n) is 11.0. The zero-order valence-corrected chi connectivity index (χ0v) is 15.5. The Morgan fingerprint density at radius 1 is 1.05 bits per heavy atom. The Kier molecular flexibility index (Phi) is 5.63. The van der Waals surface area contributed by atoms with Crippen LogP contribution in [-0.4, -0.2) is 19.3 Å². The van der Waals surface area contributed by atoms with Gasteiger partial charge < -0.3 is 9.73 Å². The Hall–Kier alpha value is -0.100. The number of halogens is 6. The summed E-state index contributed by atoms with van der Waals surface area (Å²) in [5.74, 6) is 0.273. The molecule has 1 aliphatic rings. The predicted molar refractivity (Wildman–Crippen MR) is 93.8 cm³/mol. The van der Waals surface area contributed by atoms with Crippen LogP contribution in [0, 0.1) is 6.92 Å². The van der Waals surface area contributed by atoms with Crippen molar-refractivity contribution in [3.8, 4) is 0 Å². The van der Waals surface area contributed by atoms with Crippen molar-refractivity contribution in [2.75, 3.05) is 0 Å². The van der Waals surface area contributed by atoms with E-state index in [9.17, 15) is 0 Å². The fourth-order valence-electron chi connectivity index (χ4n) is 1.58. The van der Waals surface area contributed by atoms with Gasteiger partial charge in [-0.05, 0) is 30.5 Å². The minimum atomic E-state index is -1.80. The molecule has 0 saturated carbocycles. The molecule has 1 aromatic rings. The standard InChI is InChI=1S/C12H9Cl6N3O/c1-6-4-22-5-7(6)2-3-8-19-9(11(13,14)15)21-10(20-8)12(16,17)18/h3-5H,2H2,1H3,(H,19,20,21). The molecule has 22 heavy (non-hydrogen) atoms. The number of aryl methyl sites for hydroxylation is 1. The summed E-state index contributed by atoms with van der Waals surface area (Å²) in [6, 6.07) is 0. The Labute approximate surface area is 157 Å². The van der Waals surface area contributed by atoms with Gasteiger partial charge >= 0.3 is 0 Å². The van der Waals surface area contributed by atoms with Gasteiger partial charge in [-0.1, -0.05) is 69.6 Å². The van der Waals surface area contributed by atoms with E-state index in [1.54, 1.807) is 18.6 Å². The van der Waals surface area contributed by atoms with Crippen LogP contribution in [-0.2, 0) is 6.42 Å². The van der Waals surface area contributed by atoms with Crippen molar-refractivity contribution in [1.29, 1.82) is 0 Å². The van der Waals surface area contributed by atoms with E-state index in [1.807, 2.05) is 6.92 Å². The minimum Gasteiger partial charge on any atom is -0.472 e. The molecular weight excluding hydrogens is 415 g/mol. The molecule has 0 unspecified atom stereocenters. The van der Waals surface area contributed by atoms with Crippen LogP contribution in [0.4, 0.5) is 0 Å². The maximum absolute atomic E-state index is 5.83. The first-order chi connectivity index (χ1) is 10.1. The molecule has 1 aromatic heterocycles. The first kappa shape index (κ1) is 18.2. The Morgan fingerprint density at radius 3 is 2.00 bits per heavy atom. The van der Waals surface area contributed by atoms with Gasteiger partial charge in [0.1, 0.15) is 0 Å². The molecule has 0 radical (unpaired) electrons. The lowest BCUT2D eigenvalue weighted by molar-refractivity contribution is 0.563. The third-order valence-electron chi connectivity index (χ3n) is 2.69. The highest BCUT2D eigenvalue weighted by Gasteiger charge is 2.37. The van der Waals surface area contributed by atoms with E-state index in [4.69, 9.17) is 74.0 Å². The zero-order chi connectivity index (χ0) is 16.5. The Morgan fingerprint density at radius 2 is 1.59 bits per heavy atom. The van der Waals surface area contributed by atoms with Crippen LogP contribution in [0.1, 0.15) is 11.1 Å². The second-order valence-electron chi connectivity index (χ2n) is 4.39. The molecule has 0 atom stereocenters. The molecule has 120 valence electrons. The lowest BCUT2D eigenvalue weighted by Crippen LogP contribution is -2.46. The Balaban J connectivity index is 2.33. The number of alkyl halides is 6. The van der Waals surface area contributed by atoms with Gasteiger partial charge in [-0.3, -0.25) is 0 Å². The van der Waals surface area contributed by atoms with Gasteiger partial charge in [0, 0.05) is 0 Å². The topological polar surface area (TPSA) is 49.9 Å². The summed E-state index contributed by atoms with van der Waals surface area (Å²) in [6.07, 6.45) is 5.51. The summed E-state index contributed by atoms with van der Waals surface area (Å²) in [5.41, 5.74) is 1.98. The molecule has 1 aliphatic heterocycles. The van der Waals surface area contributed by atoms with Crippen LogP contribution in [0.3, 0.4) is 0 Å². The molecule has 0 aromatic carbocycles. The van der Waals surface area contributed by atoms with Crippen molar-refractivity contribution < 1.29 is 4.42 Å². The molecule has 0 fully saturated rings. The maximum Gasteiger partial charge on any atom is 0.248 e. The van der Waals surface area contributed by atoms with Gasteiger partial charge in [-0.25, -0.2) is 9.98 Å². The van der Waals surface area contributed by atoms with Crippen LogP contribution >= 0.6 is 69.6 Å².